The molecule has 122 valence electrons. The number of hydrogen-bond donors (Lipinski definition) is 1. The third kappa shape index (κ3) is 4.98. The lowest BCUT2D eigenvalue weighted by Gasteiger charge is -2.20. The van der Waals surface area contributed by atoms with Crippen molar-refractivity contribution in [3.05, 3.63) is 23.9 Å². The number of amides is 1. The van der Waals surface area contributed by atoms with Crippen molar-refractivity contribution in [1.29, 1.82) is 0 Å². The number of aryl methyl sites for hydroxylation is 1. The number of aromatic nitrogens is 1. The van der Waals surface area contributed by atoms with Crippen LogP contribution in [0.3, 0.4) is 0 Å². The molecule has 1 aliphatic carbocycles. The molecule has 1 aliphatic rings. The lowest BCUT2D eigenvalue weighted by Crippen LogP contribution is -2.42. The first kappa shape index (κ1) is 16.7. The van der Waals surface area contributed by atoms with Crippen molar-refractivity contribution in [2.75, 3.05) is 26.7 Å². The third-order valence-corrected chi connectivity index (χ3v) is 4.03. The summed E-state index contributed by atoms with van der Waals surface area (Å²) in [4.78, 5) is 18.5. The van der Waals surface area contributed by atoms with E-state index in [9.17, 15) is 4.79 Å². The Bertz CT molecular complexity index is 500. The molecule has 2 rings (SSSR count). The monoisotopic (exact) mass is 305 g/mol. The molecule has 0 aliphatic heterocycles. The second-order valence-electron chi connectivity index (χ2n) is 6.30. The molecule has 5 heteroatoms. The van der Waals surface area contributed by atoms with Crippen molar-refractivity contribution in [2.24, 2.45) is 0 Å². The van der Waals surface area contributed by atoms with Crippen LogP contribution in [0, 0.1) is 6.92 Å². The van der Waals surface area contributed by atoms with Crippen LogP contribution in [0.25, 0.3) is 0 Å². The van der Waals surface area contributed by atoms with Crippen molar-refractivity contribution in [3.63, 3.8) is 0 Å². The van der Waals surface area contributed by atoms with Crippen LogP contribution in [0.1, 0.15) is 38.2 Å². The zero-order valence-corrected chi connectivity index (χ0v) is 13.9. The Morgan fingerprint density at radius 3 is 2.86 bits per heavy atom. The van der Waals surface area contributed by atoms with Gasteiger partial charge in [0.1, 0.15) is 6.61 Å². The molecule has 0 radical (unpaired) electrons. The van der Waals surface area contributed by atoms with Gasteiger partial charge in [-0.2, -0.15) is 0 Å². The van der Waals surface area contributed by atoms with Gasteiger partial charge >= 0.3 is 0 Å². The summed E-state index contributed by atoms with van der Waals surface area (Å²) in [6.45, 7) is 6.45. The van der Waals surface area contributed by atoms with Crippen LogP contribution in [-0.4, -0.2) is 48.1 Å². The fourth-order valence-electron chi connectivity index (χ4n) is 2.43. The summed E-state index contributed by atoms with van der Waals surface area (Å²) < 4.78 is 5.79. The highest BCUT2D eigenvalue weighted by atomic mass is 16.5. The third-order valence-electron chi connectivity index (χ3n) is 4.03. The highest BCUT2D eigenvalue weighted by Gasteiger charge is 2.45. The Morgan fingerprint density at radius 2 is 2.23 bits per heavy atom. The normalized spacial score (nSPS) is 15.6. The first-order valence-corrected chi connectivity index (χ1v) is 8.09. The number of pyridine rings is 1. The largest absolute Gasteiger partial charge is 0.475 e. The Balaban J connectivity index is 1.75. The van der Waals surface area contributed by atoms with Gasteiger partial charge in [0.25, 0.3) is 0 Å². The average Bonchev–Trinajstić information content (AvgIpc) is 3.25. The van der Waals surface area contributed by atoms with E-state index in [1.54, 1.807) is 6.20 Å². The van der Waals surface area contributed by atoms with Gasteiger partial charge in [-0.25, -0.2) is 4.98 Å². The van der Waals surface area contributed by atoms with Crippen molar-refractivity contribution in [2.45, 2.75) is 45.1 Å². The van der Waals surface area contributed by atoms with Crippen LogP contribution < -0.4 is 10.1 Å². The maximum absolute atomic E-state index is 12.1. The van der Waals surface area contributed by atoms with Gasteiger partial charge in [-0.05, 0) is 45.8 Å². The van der Waals surface area contributed by atoms with Gasteiger partial charge in [-0.1, -0.05) is 13.0 Å². The number of hydrogen-bond acceptors (Lipinski definition) is 4. The number of ether oxygens (including phenoxy) is 1. The van der Waals surface area contributed by atoms with Crippen LogP contribution in [0.4, 0.5) is 0 Å². The summed E-state index contributed by atoms with van der Waals surface area (Å²) in [7, 11) is 2.05. The van der Waals surface area contributed by atoms with Gasteiger partial charge in [-0.3, -0.25) is 4.79 Å². The predicted octanol–water partition coefficient (Wildman–Crippen LogP) is 2.15. The molecule has 1 aromatic heterocycles. The fourth-order valence-corrected chi connectivity index (χ4v) is 2.43. The fraction of sp³-hybridized carbons (Fsp3) is 0.647. The molecule has 1 fully saturated rings. The molecule has 0 aromatic carbocycles. The van der Waals surface area contributed by atoms with Gasteiger partial charge in [0, 0.05) is 24.7 Å². The van der Waals surface area contributed by atoms with Crippen LogP contribution >= 0.6 is 0 Å². The number of rotatable bonds is 9. The number of carbonyl (C=O) groups excluding carboxylic acids is 1. The number of nitrogens with zero attached hydrogens (tertiary/aromatic N) is 2. The van der Waals surface area contributed by atoms with E-state index in [2.05, 4.69) is 29.2 Å². The molecule has 0 spiro atoms. The van der Waals surface area contributed by atoms with E-state index in [0.29, 0.717) is 18.9 Å². The topological polar surface area (TPSA) is 54.5 Å². The lowest BCUT2D eigenvalue weighted by molar-refractivity contribution is -0.122. The van der Waals surface area contributed by atoms with E-state index in [-0.39, 0.29) is 11.4 Å². The van der Waals surface area contributed by atoms with E-state index in [1.807, 2.05) is 19.1 Å². The van der Waals surface area contributed by atoms with Crippen LogP contribution in [0.15, 0.2) is 18.3 Å². The van der Waals surface area contributed by atoms with Crippen molar-refractivity contribution < 1.29 is 9.53 Å². The van der Waals surface area contributed by atoms with Crippen molar-refractivity contribution in [1.82, 2.24) is 15.2 Å². The quantitative estimate of drug-likeness (QED) is 0.759. The van der Waals surface area contributed by atoms with Gasteiger partial charge < -0.3 is 15.0 Å². The minimum absolute atomic E-state index is 0.113. The zero-order valence-electron chi connectivity index (χ0n) is 13.9. The predicted molar refractivity (Wildman–Crippen MR) is 87.0 cm³/mol. The molecule has 0 saturated heterocycles. The smallest absolute Gasteiger partial charge is 0.221 e. The zero-order chi connectivity index (χ0) is 16.0. The van der Waals surface area contributed by atoms with E-state index >= 15 is 0 Å². The van der Waals surface area contributed by atoms with E-state index < -0.39 is 0 Å². The molecule has 1 heterocycles. The van der Waals surface area contributed by atoms with E-state index in [0.717, 1.165) is 37.9 Å². The van der Waals surface area contributed by atoms with Gasteiger partial charge in [0.15, 0.2) is 0 Å². The molecule has 0 bridgehead atoms. The standard InChI is InChI=1S/C17H27N3O2/c1-4-11-20(3)12-7-15(21)19-17(8-9-17)13-22-16-14(2)6-5-10-18-16/h5-6,10H,4,7-9,11-13H2,1-3H3,(H,19,21). The van der Waals surface area contributed by atoms with Crippen LogP contribution in [-0.2, 0) is 4.79 Å². The average molecular weight is 305 g/mol. The van der Waals surface area contributed by atoms with Gasteiger partial charge in [0.05, 0.1) is 5.54 Å². The van der Waals surface area contributed by atoms with Crippen LogP contribution in [0.5, 0.6) is 5.88 Å². The summed E-state index contributed by atoms with van der Waals surface area (Å²) >= 11 is 0. The molecule has 1 amide bonds. The molecule has 1 saturated carbocycles. The maximum atomic E-state index is 12.1. The lowest BCUT2D eigenvalue weighted by atomic mass is 10.2. The highest BCUT2D eigenvalue weighted by Crippen LogP contribution is 2.36. The second-order valence-corrected chi connectivity index (χ2v) is 6.30. The molecular weight excluding hydrogens is 278 g/mol. The molecule has 1 N–H and O–H groups in total. The first-order valence-electron chi connectivity index (χ1n) is 8.09. The second kappa shape index (κ2) is 7.58. The summed E-state index contributed by atoms with van der Waals surface area (Å²) in [6, 6.07) is 3.87. The summed E-state index contributed by atoms with van der Waals surface area (Å²) in [5.74, 6) is 0.771. The Labute approximate surface area is 133 Å². The highest BCUT2D eigenvalue weighted by molar-refractivity contribution is 5.77. The van der Waals surface area contributed by atoms with Crippen molar-refractivity contribution >= 4 is 5.91 Å². The summed E-state index contributed by atoms with van der Waals surface area (Å²) in [5, 5.41) is 3.14. The molecule has 22 heavy (non-hydrogen) atoms. The molecule has 5 nitrogen and oxygen atoms in total. The van der Waals surface area contributed by atoms with Gasteiger partial charge in [-0.15, -0.1) is 0 Å². The maximum Gasteiger partial charge on any atom is 0.221 e. The minimum Gasteiger partial charge on any atom is -0.475 e. The summed E-state index contributed by atoms with van der Waals surface area (Å²) in [5.41, 5.74) is 0.843. The van der Waals surface area contributed by atoms with E-state index in [4.69, 9.17) is 4.74 Å². The Hall–Kier alpha value is -1.62. The SMILES string of the molecule is CCCN(C)CCC(=O)NC1(COc2ncccc2C)CC1. The van der Waals surface area contributed by atoms with E-state index in [1.165, 1.54) is 0 Å². The van der Waals surface area contributed by atoms with Crippen molar-refractivity contribution in [3.8, 4) is 5.88 Å². The molecule has 0 atom stereocenters. The minimum atomic E-state index is -0.176. The molecular formula is C17H27N3O2. The van der Waals surface area contributed by atoms with Crippen LogP contribution in [0.2, 0.25) is 0 Å². The number of nitrogens with one attached hydrogen (secondary N) is 1. The molecule has 0 unspecified atom stereocenters. The Morgan fingerprint density at radius 1 is 1.45 bits per heavy atom. The Kier molecular flexibility index (Phi) is 5.77. The molecule has 1 aromatic rings. The van der Waals surface area contributed by atoms with Gasteiger partial charge in [0.2, 0.25) is 11.8 Å². The first-order chi connectivity index (χ1) is 10.5. The number of carbonyl (C=O) groups is 1. The summed E-state index contributed by atoms with van der Waals surface area (Å²) in [6.07, 6.45) is 5.34.